The second-order valence-corrected chi connectivity index (χ2v) is 5.41. The second kappa shape index (κ2) is 5.32. The van der Waals surface area contributed by atoms with E-state index in [2.05, 4.69) is 10.1 Å². The lowest BCUT2D eigenvalue weighted by Crippen LogP contribution is -2.14. The summed E-state index contributed by atoms with van der Waals surface area (Å²) >= 11 is 0. The molecule has 1 aromatic carbocycles. The molecule has 1 amide bonds. The van der Waals surface area contributed by atoms with Crippen molar-refractivity contribution >= 4 is 5.91 Å². The molecule has 6 heteroatoms. The number of para-hydroxylation sites is 1. The molecule has 2 N–H and O–H groups in total. The third kappa shape index (κ3) is 3.14. The lowest BCUT2D eigenvalue weighted by atomic mass is 9.96. The highest BCUT2D eigenvalue weighted by molar-refractivity contribution is 5.95. The van der Waals surface area contributed by atoms with Gasteiger partial charge < -0.3 is 15.0 Å². The van der Waals surface area contributed by atoms with Crippen molar-refractivity contribution in [1.29, 1.82) is 0 Å². The van der Waals surface area contributed by atoms with Crippen LogP contribution in [0.25, 0.3) is 0 Å². The summed E-state index contributed by atoms with van der Waals surface area (Å²) in [5.41, 5.74) is 5.41. The molecule has 0 aliphatic rings. The van der Waals surface area contributed by atoms with Gasteiger partial charge in [0, 0.05) is 5.41 Å². The Morgan fingerprint density at radius 3 is 2.65 bits per heavy atom. The molecule has 1 heterocycles. The zero-order valence-electron chi connectivity index (χ0n) is 11.7. The Morgan fingerprint density at radius 1 is 1.35 bits per heavy atom. The normalized spacial score (nSPS) is 11.3. The molecule has 20 heavy (non-hydrogen) atoms. The van der Waals surface area contributed by atoms with Crippen molar-refractivity contribution in [2.75, 3.05) is 0 Å². The molecule has 2 aromatic rings. The average molecular weight is 275 g/mol. The van der Waals surface area contributed by atoms with E-state index in [9.17, 15) is 4.79 Å². The first-order valence-corrected chi connectivity index (χ1v) is 6.22. The van der Waals surface area contributed by atoms with E-state index in [1.165, 1.54) is 0 Å². The first kappa shape index (κ1) is 14.0. The zero-order valence-corrected chi connectivity index (χ0v) is 11.7. The van der Waals surface area contributed by atoms with Crippen LogP contribution in [0, 0.1) is 0 Å². The largest absolute Gasteiger partial charge is 0.483 e. The van der Waals surface area contributed by atoms with Crippen LogP contribution in [-0.4, -0.2) is 16.0 Å². The standard InChI is InChI=1S/C14H17N3O3/c1-14(2,3)13-16-11(20-17-13)8-19-10-7-5-4-6-9(10)12(15)18/h4-7H,8H2,1-3H3,(H2,15,18). The topological polar surface area (TPSA) is 91.2 Å². The van der Waals surface area contributed by atoms with Crippen LogP contribution in [0.5, 0.6) is 5.75 Å². The number of carbonyl (C=O) groups is 1. The molecule has 0 atom stereocenters. The number of rotatable bonds is 4. The van der Waals surface area contributed by atoms with Gasteiger partial charge >= 0.3 is 0 Å². The minimum absolute atomic E-state index is 0.0906. The highest BCUT2D eigenvalue weighted by Crippen LogP contribution is 2.21. The van der Waals surface area contributed by atoms with Crippen molar-refractivity contribution < 1.29 is 14.1 Å². The van der Waals surface area contributed by atoms with E-state index < -0.39 is 5.91 Å². The predicted octanol–water partition coefficient (Wildman–Crippen LogP) is 2.04. The van der Waals surface area contributed by atoms with Crippen LogP contribution in [-0.2, 0) is 12.0 Å². The molecule has 2 rings (SSSR count). The van der Waals surface area contributed by atoms with E-state index >= 15 is 0 Å². The summed E-state index contributed by atoms with van der Waals surface area (Å²) in [4.78, 5) is 15.5. The summed E-state index contributed by atoms with van der Waals surface area (Å²) in [6, 6.07) is 6.75. The maximum Gasteiger partial charge on any atom is 0.264 e. The van der Waals surface area contributed by atoms with Crippen molar-refractivity contribution in [3.8, 4) is 5.75 Å². The van der Waals surface area contributed by atoms with Gasteiger partial charge in [0.1, 0.15) is 5.75 Å². The summed E-state index contributed by atoms with van der Waals surface area (Å²) in [7, 11) is 0. The Hall–Kier alpha value is -2.37. The van der Waals surface area contributed by atoms with Crippen LogP contribution >= 0.6 is 0 Å². The number of amides is 1. The van der Waals surface area contributed by atoms with Crippen LogP contribution in [0.4, 0.5) is 0 Å². The van der Waals surface area contributed by atoms with Crippen LogP contribution in [0.2, 0.25) is 0 Å². The van der Waals surface area contributed by atoms with Gasteiger partial charge in [0.2, 0.25) is 0 Å². The van der Waals surface area contributed by atoms with Gasteiger partial charge in [-0.3, -0.25) is 4.79 Å². The molecule has 106 valence electrons. The van der Waals surface area contributed by atoms with Crippen LogP contribution in [0.1, 0.15) is 42.8 Å². The minimum atomic E-state index is -0.540. The second-order valence-electron chi connectivity index (χ2n) is 5.41. The third-order valence-electron chi connectivity index (χ3n) is 2.64. The lowest BCUT2D eigenvalue weighted by molar-refractivity contribution is 0.0995. The van der Waals surface area contributed by atoms with Crippen molar-refractivity contribution in [3.63, 3.8) is 0 Å². The van der Waals surface area contributed by atoms with E-state index in [1.807, 2.05) is 20.8 Å². The van der Waals surface area contributed by atoms with Gasteiger partial charge in [-0.15, -0.1) is 0 Å². The fourth-order valence-electron chi connectivity index (χ4n) is 1.55. The molecule has 6 nitrogen and oxygen atoms in total. The van der Waals surface area contributed by atoms with Gasteiger partial charge in [-0.05, 0) is 12.1 Å². The number of carbonyl (C=O) groups excluding carboxylic acids is 1. The Kier molecular flexibility index (Phi) is 3.74. The number of aromatic nitrogens is 2. The quantitative estimate of drug-likeness (QED) is 0.922. The monoisotopic (exact) mass is 275 g/mol. The van der Waals surface area contributed by atoms with Crippen molar-refractivity contribution in [1.82, 2.24) is 10.1 Å². The van der Waals surface area contributed by atoms with E-state index in [-0.39, 0.29) is 12.0 Å². The molecular weight excluding hydrogens is 258 g/mol. The summed E-state index contributed by atoms with van der Waals surface area (Å²) < 4.78 is 10.6. The van der Waals surface area contributed by atoms with Crippen LogP contribution in [0.3, 0.4) is 0 Å². The Bertz CT molecular complexity index is 614. The van der Waals surface area contributed by atoms with Crippen molar-refractivity contribution in [3.05, 3.63) is 41.5 Å². The predicted molar refractivity (Wildman–Crippen MR) is 72.3 cm³/mol. The molecule has 0 saturated carbocycles. The fourth-order valence-corrected chi connectivity index (χ4v) is 1.55. The zero-order chi connectivity index (χ0) is 14.8. The first-order chi connectivity index (χ1) is 9.38. The number of benzene rings is 1. The Morgan fingerprint density at radius 2 is 2.05 bits per heavy atom. The summed E-state index contributed by atoms with van der Waals surface area (Å²) in [6.07, 6.45) is 0. The maximum absolute atomic E-state index is 11.3. The lowest BCUT2D eigenvalue weighted by Gasteiger charge is -2.11. The van der Waals surface area contributed by atoms with Crippen LogP contribution < -0.4 is 10.5 Å². The smallest absolute Gasteiger partial charge is 0.264 e. The molecule has 0 radical (unpaired) electrons. The van der Waals surface area contributed by atoms with Crippen LogP contribution in [0.15, 0.2) is 28.8 Å². The average Bonchev–Trinajstić information content (AvgIpc) is 2.85. The van der Waals surface area contributed by atoms with Gasteiger partial charge in [0.25, 0.3) is 11.8 Å². The number of hydrogen-bond acceptors (Lipinski definition) is 5. The van der Waals surface area contributed by atoms with Crippen molar-refractivity contribution in [2.45, 2.75) is 32.8 Å². The van der Waals surface area contributed by atoms with E-state index in [4.69, 9.17) is 15.0 Å². The molecule has 0 aliphatic carbocycles. The van der Waals surface area contributed by atoms with Gasteiger partial charge in [0.15, 0.2) is 12.4 Å². The number of nitrogens with zero attached hydrogens (tertiary/aromatic N) is 2. The summed E-state index contributed by atoms with van der Waals surface area (Å²) in [5.74, 6) is 0.825. The van der Waals surface area contributed by atoms with E-state index in [1.54, 1.807) is 24.3 Å². The van der Waals surface area contributed by atoms with Gasteiger partial charge in [-0.25, -0.2) is 0 Å². The molecule has 0 unspecified atom stereocenters. The Balaban J connectivity index is 2.10. The number of ether oxygens (including phenoxy) is 1. The van der Waals surface area contributed by atoms with E-state index in [0.717, 1.165) is 0 Å². The fraction of sp³-hybridized carbons (Fsp3) is 0.357. The molecule has 0 saturated heterocycles. The number of nitrogens with two attached hydrogens (primary N) is 1. The van der Waals surface area contributed by atoms with Gasteiger partial charge in [-0.1, -0.05) is 38.1 Å². The van der Waals surface area contributed by atoms with Gasteiger partial charge in [0.05, 0.1) is 5.56 Å². The SMILES string of the molecule is CC(C)(C)c1noc(COc2ccccc2C(N)=O)n1. The first-order valence-electron chi connectivity index (χ1n) is 6.22. The minimum Gasteiger partial charge on any atom is -0.483 e. The van der Waals surface area contributed by atoms with Gasteiger partial charge in [-0.2, -0.15) is 4.98 Å². The summed E-state index contributed by atoms with van der Waals surface area (Å²) in [6.45, 7) is 6.06. The van der Waals surface area contributed by atoms with E-state index in [0.29, 0.717) is 23.0 Å². The summed E-state index contributed by atoms with van der Waals surface area (Å²) in [5, 5.41) is 3.90. The molecular formula is C14H17N3O3. The Labute approximate surface area is 116 Å². The number of primary amides is 1. The molecule has 0 fully saturated rings. The number of hydrogen-bond donors (Lipinski definition) is 1. The van der Waals surface area contributed by atoms with Crippen molar-refractivity contribution in [2.24, 2.45) is 5.73 Å². The highest BCUT2D eigenvalue weighted by Gasteiger charge is 2.21. The maximum atomic E-state index is 11.3. The molecule has 0 aliphatic heterocycles. The molecule has 0 spiro atoms. The molecule has 1 aromatic heterocycles. The third-order valence-corrected chi connectivity index (χ3v) is 2.64. The highest BCUT2D eigenvalue weighted by atomic mass is 16.5. The molecule has 0 bridgehead atoms.